The van der Waals surface area contributed by atoms with Crippen molar-refractivity contribution in [3.63, 3.8) is 0 Å². The van der Waals surface area contributed by atoms with E-state index in [2.05, 4.69) is 41.6 Å². The minimum atomic E-state index is -0.391. The van der Waals surface area contributed by atoms with Gasteiger partial charge < -0.3 is 10.0 Å². The molecule has 1 aliphatic carbocycles. The Hall–Kier alpha value is -1.42. The second-order valence-corrected chi connectivity index (χ2v) is 7.35. The van der Waals surface area contributed by atoms with E-state index in [0.717, 1.165) is 37.9 Å². The molecule has 1 aromatic carbocycles. The van der Waals surface area contributed by atoms with Gasteiger partial charge in [0.2, 0.25) is 0 Å². The number of nitrogens with zero attached hydrogens (tertiary/aromatic N) is 1. The summed E-state index contributed by atoms with van der Waals surface area (Å²) in [6.45, 7) is 2.26. The van der Waals surface area contributed by atoms with Crippen LogP contribution in [0.3, 0.4) is 0 Å². The summed E-state index contributed by atoms with van der Waals surface area (Å²) in [5.41, 5.74) is 6.64. The third-order valence-corrected chi connectivity index (χ3v) is 5.87. The molecular weight excluding hydrogens is 290 g/mol. The van der Waals surface area contributed by atoms with Gasteiger partial charge in [0, 0.05) is 24.4 Å². The van der Waals surface area contributed by atoms with Gasteiger partial charge in [-0.25, -0.2) is 0 Å². The van der Waals surface area contributed by atoms with Crippen LogP contribution in [0.5, 0.6) is 0 Å². The zero-order valence-corrected chi connectivity index (χ0v) is 13.7. The van der Waals surface area contributed by atoms with Crippen molar-refractivity contribution in [1.82, 2.24) is 4.90 Å². The Balaban J connectivity index is 1.94. The summed E-state index contributed by atoms with van der Waals surface area (Å²) >= 11 is 1.78. The molecule has 1 aromatic heterocycles. The lowest BCUT2D eigenvalue weighted by Gasteiger charge is -2.27. The van der Waals surface area contributed by atoms with E-state index >= 15 is 0 Å². The van der Waals surface area contributed by atoms with Gasteiger partial charge in [0.05, 0.1) is 6.10 Å². The Morgan fingerprint density at radius 3 is 2.68 bits per heavy atom. The molecule has 0 unspecified atom stereocenters. The number of rotatable bonds is 0. The number of aliphatic hydroxyl groups excluding tert-OH is 1. The first-order chi connectivity index (χ1) is 10.7. The zero-order valence-electron chi connectivity index (χ0n) is 12.9. The monoisotopic (exact) mass is 311 g/mol. The molecule has 22 heavy (non-hydrogen) atoms. The van der Waals surface area contributed by atoms with Crippen LogP contribution in [0.15, 0.2) is 41.3 Å². The van der Waals surface area contributed by atoms with Gasteiger partial charge in [-0.2, -0.15) is 0 Å². The van der Waals surface area contributed by atoms with Crippen molar-refractivity contribution in [2.24, 2.45) is 0 Å². The third kappa shape index (κ3) is 2.34. The molecule has 1 N–H and O–H groups in total. The molecule has 1 atom stereocenters. The van der Waals surface area contributed by atoms with Crippen LogP contribution < -0.4 is 0 Å². The highest BCUT2D eigenvalue weighted by Gasteiger charge is 2.27. The van der Waals surface area contributed by atoms with Gasteiger partial charge in [-0.15, -0.1) is 11.3 Å². The molecule has 0 saturated carbocycles. The predicted molar refractivity (Wildman–Crippen MR) is 92.2 cm³/mol. The number of piperidine rings is 1. The van der Waals surface area contributed by atoms with Gasteiger partial charge in [-0.3, -0.25) is 0 Å². The fraction of sp³-hybridized carbons (Fsp3) is 0.368. The van der Waals surface area contributed by atoms with E-state index in [4.69, 9.17) is 0 Å². The van der Waals surface area contributed by atoms with Crippen molar-refractivity contribution in [1.29, 1.82) is 0 Å². The minimum absolute atomic E-state index is 0.391. The summed E-state index contributed by atoms with van der Waals surface area (Å²) in [5.74, 6) is 0. The molecule has 3 heteroatoms. The van der Waals surface area contributed by atoms with Crippen molar-refractivity contribution in [2.45, 2.75) is 25.4 Å². The number of thiophene rings is 1. The number of benzene rings is 1. The second kappa shape index (κ2) is 5.65. The molecule has 2 nitrogen and oxygen atoms in total. The van der Waals surface area contributed by atoms with Gasteiger partial charge in [0.1, 0.15) is 0 Å². The molecule has 114 valence electrons. The average molecular weight is 311 g/mol. The van der Waals surface area contributed by atoms with Crippen LogP contribution in [0.25, 0.3) is 5.57 Å². The fourth-order valence-electron chi connectivity index (χ4n) is 3.69. The van der Waals surface area contributed by atoms with E-state index in [9.17, 15) is 5.11 Å². The van der Waals surface area contributed by atoms with Crippen molar-refractivity contribution >= 4 is 16.9 Å². The van der Waals surface area contributed by atoms with Crippen molar-refractivity contribution in [3.05, 3.63) is 62.9 Å². The molecule has 1 saturated heterocycles. The lowest BCUT2D eigenvalue weighted by atomic mass is 9.87. The Kier molecular flexibility index (Phi) is 3.65. The highest BCUT2D eigenvalue weighted by atomic mass is 32.1. The summed E-state index contributed by atoms with van der Waals surface area (Å²) in [5, 5.41) is 12.8. The molecule has 2 aliphatic rings. The fourth-order valence-corrected chi connectivity index (χ4v) is 4.61. The average Bonchev–Trinajstić information content (AvgIpc) is 2.93. The smallest absolute Gasteiger partial charge is 0.0844 e. The van der Waals surface area contributed by atoms with Crippen LogP contribution in [0.4, 0.5) is 0 Å². The molecule has 0 spiro atoms. The van der Waals surface area contributed by atoms with Gasteiger partial charge in [-0.1, -0.05) is 29.8 Å². The Morgan fingerprint density at radius 2 is 1.86 bits per heavy atom. The third-order valence-electron chi connectivity index (χ3n) is 4.93. The number of hydrogen-bond donors (Lipinski definition) is 1. The van der Waals surface area contributed by atoms with E-state index in [1.54, 1.807) is 16.9 Å². The summed E-state index contributed by atoms with van der Waals surface area (Å²) in [4.78, 5) is 3.72. The van der Waals surface area contributed by atoms with Crippen LogP contribution in [-0.4, -0.2) is 30.1 Å². The van der Waals surface area contributed by atoms with Gasteiger partial charge in [0.25, 0.3) is 0 Å². The van der Waals surface area contributed by atoms with Crippen LogP contribution in [0.1, 0.15) is 40.5 Å². The summed E-state index contributed by atoms with van der Waals surface area (Å²) < 4.78 is 0. The number of likely N-dealkylation sites (tertiary alicyclic amines) is 1. The summed E-state index contributed by atoms with van der Waals surface area (Å²) in [6.07, 6.45) is 2.61. The van der Waals surface area contributed by atoms with E-state index in [0.29, 0.717) is 0 Å². The van der Waals surface area contributed by atoms with E-state index < -0.39 is 6.10 Å². The van der Waals surface area contributed by atoms with Crippen LogP contribution in [0.2, 0.25) is 0 Å². The standard InChI is InChI=1S/C19H21NOS/c1-20-9-6-13(7-10-20)19-15-5-3-2-4-14(15)17(21)12-18-16(19)8-11-22-18/h2-5,8,11,17,21H,6-7,9-10,12H2,1H3/t17-/m1/s1. The first-order valence-corrected chi connectivity index (χ1v) is 8.86. The Labute approximate surface area is 135 Å². The minimum Gasteiger partial charge on any atom is -0.388 e. The molecule has 2 heterocycles. The largest absolute Gasteiger partial charge is 0.388 e. The Morgan fingerprint density at radius 1 is 1.09 bits per heavy atom. The highest BCUT2D eigenvalue weighted by Crippen LogP contribution is 2.42. The van der Waals surface area contributed by atoms with E-state index in [-0.39, 0.29) is 0 Å². The first kappa shape index (κ1) is 14.2. The molecule has 0 radical (unpaired) electrons. The maximum Gasteiger partial charge on any atom is 0.0844 e. The summed E-state index contributed by atoms with van der Waals surface area (Å²) in [7, 11) is 2.20. The number of aliphatic hydroxyl groups is 1. The molecule has 2 aromatic rings. The van der Waals surface area contributed by atoms with Gasteiger partial charge in [-0.05, 0) is 53.6 Å². The number of fused-ring (bicyclic) bond motifs is 2. The van der Waals surface area contributed by atoms with Crippen LogP contribution >= 0.6 is 11.3 Å². The molecule has 0 amide bonds. The molecular formula is C19H21NOS. The SMILES string of the molecule is CN1CCC(=C2c3ccccc3[C@H](O)Cc3sccc32)CC1. The van der Waals surface area contributed by atoms with Crippen LogP contribution in [0, 0.1) is 0 Å². The van der Waals surface area contributed by atoms with E-state index in [1.807, 2.05) is 6.07 Å². The molecule has 1 fully saturated rings. The van der Waals surface area contributed by atoms with Crippen molar-refractivity contribution in [3.8, 4) is 0 Å². The van der Waals surface area contributed by atoms with Gasteiger partial charge in [0.15, 0.2) is 0 Å². The van der Waals surface area contributed by atoms with Crippen LogP contribution in [-0.2, 0) is 6.42 Å². The predicted octanol–water partition coefficient (Wildman–Crippen LogP) is 3.87. The zero-order chi connectivity index (χ0) is 15.1. The molecule has 4 rings (SSSR count). The summed E-state index contributed by atoms with van der Waals surface area (Å²) in [6, 6.07) is 10.7. The first-order valence-electron chi connectivity index (χ1n) is 7.98. The maximum atomic E-state index is 10.6. The van der Waals surface area contributed by atoms with E-state index in [1.165, 1.54) is 21.6 Å². The molecule has 1 aliphatic heterocycles. The maximum absolute atomic E-state index is 10.6. The van der Waals surface area contributed by atoms with Gasteiger partial charge >= 0.3 is 0 Å². The Bertz CT molecular complexity index is 721. The second-order valence-electron chi connectivity index (χ2n) is 6.35. The number of hydrogen-bond acceptors (Lipinski definition) is 3. The van der Waals surface area contributed by atoms with Crippen molar-refractivity contribution in [2.75, 3.05) is 20.1 Å². The topological polar surface area (TPSA) is 23.5 Å². The quantitative estimate of drug-likeness (QED) is 0.798. The normalized spacial score (nSPS) is 22.2. The highest BCUT2D eigenvalue weighted by molar-refractivity contribution is 7.10. The molecule has 0 bridgehead atoms. The lowest BCUT2D eigenvalue weighted by Crippen LogP contribution is -2.27. The lowest BCUT2D eigenvalue weighted by molar-refractivity contribution is 0.179. The van der Waals surface area contributed by atoms with Crippen molar-refractivity contribution < 1.29 is 5.11 Å².